The maximum atomic E-state index is 13.6. The lowest BCUT2D eigenvalue weighted by atomic mass is 9.76. The molecule has 6 rings (SSSR count). The summed E-state index contributed by atoms with van der Waals surface area (Å²) in [5.41, 5.74) is 4.56. The normalized spacial score (nSPS) is 22.4. The second-order valence-corrected chi connectivity index (χ2v) is 14.5. The van der Waals surface area contributed by atoms with Crippen LogP contribution in [0.25, 0.3) is 0 Å². The van der Waals surface area contributed by atoms with Gasteiger partial charge in [-0.3, -0.25) is 9.59 Å². The number of β-lactam (4-membered cyclic amide) rings is 1. The van der Waals surface area contributed by atoms with Gasteiger partial charge >= 0.3 is 0 Å². The van der Waals surface area contributed by atoms with Gasteiger partial charge < -0.3 is 24.4 Å². The molecule has 3 aliphatic heterocycles. The number of anilines is 1. The van der Waals surface area contributed by atoms with E-state index in [1.165, 1.54) is 17.7 Å². The Morgan fingerprint density at radius 1 is 1.09 bits per heavy atom. The molecular formula is C39H47FN2O5. The molecule has 0 bridgehead atoms. The standard InChI is InChI=1S/C39H47FN2O5/c1-27-22-28(18-20-39(25-46-26-39)47-23-35(44)41-21-7-19-38(2,3)24-41)10-15-32(27)36-33(37(45)42(36)31-8-5-4-6-9-31)16-17-34(43)29-11-13-30(40)14-12-29/h4-6,8-15,22,33-34,36,43H,7,16-21,23-26H2,1-3H3. The Balaban J connectivity index is 1.11. The summed E-state index contributed by atoms with van der Waals surface area (Å²) >= 11 is 0. The van der Waals surface area contributed by atoms with Gasteiger partial charge in [0, 0.05) is 18.8 Å². The molecule has 3 saturated heterocycles. The van der Waals surface area contributed by atoms with Gasteiger partial charge in [0.1, 0.15) is 18.0 Å². The Labute approximate surface area is 277 Å². The van der Waals surface area contributed by atoms with E-state index in [0.29, 0.717) is 31.6 Å². The zero-order chi connectivity index (χ0) is 33.2. The fraction of sp³-hybridized carbons (Fsp3) is 0.487. The Bertz CT molecular complexity index is 1560. The van der Waals surface area contributed by atoms with Crippen molar-refractivity contribution in [3.63, 3.8) is 0 Å². The minimum Gasteiger partial charge on any atom is -0.388 e. The molecule has 3 aromatic carbocycles. The number of rotatable bonds is 12. The molecule has 3 fully saturated rings. The number of piperidine rings is 1. The highest BCUT2D eigenvalue weighted by Crippen LogP contribution is 2.47. The number of para-hydroxylation sites is 1. The van der Waals surface area contributed by atoms with Gasteiger partial charge in [0.15, 0.2) is 0 Å². The molecule has 3 atom stereocenters. The molecule has 8 heteroatoms. The lowest BCUT2D eigenvalue weighted by Crippen LogP contribution is -2.55. The predicted molar refractivity (Wildman–Crippen MR) is 179 cm³/mol. The number of hydrogen-bond donors (Lipinski definition) is 1. The molecule has 2 amide bonds. The quantitative estimate of drug-likeness (QED) is 0.222. The van der Waals surface area contributed by atoms with Gasteiger partial charge in [-0.15, -0.1) is 0 Å². The number of halogens is 1. The fourth-order valence-electron chi connectivity index (χ4n) is 7.42. The van der Waals surface area contributed by atoms with Crippen molar-refractivity contribution in [2.24, 2.45) is 11.3 Å². The van der Waals surface area contributed by atoms with Crippen LogP contribution < -0.4 is 4.90 Å². The largest absolute Gasteiger partial charge is 0.388 e. The average molecular weight is 643 g/mol. The van der Waals surface area contributed by atoms with Crippen molar-refractivity contribution < 1.29 is 28.6 Å². The molecule has 3 heterocycles. The number of hydrogen-bond acceptors (Lipinski definition) is 5. The third kappa shape index (κ3) is 7.45. The summed E-state index contributed by atoms with van der Waals surface area (Å²) in [6.07, 6.45) is 3.85. The van der Waals surface area contributed by atoms with Crippen LogP contribution in [0, 0.1) is 24.1 Å². The van der Waals surface area contributed by atoms with Gasteiger partial charge in [-0.05, 0) is 97.4 Å². The van der Waals surface area contributed by atoms with Gasteiger partial charge in [-0.25, -0.2) is 4.39 Å². The van der Waals surface area contributed by atoms with Crippen molar-refractivity contribution in [3.05, 3.63) is 101 Å². The molecule has 250 valence electrons. The molecule has 3 aromatic rings. The molecule has 3 aliphatic rings. The molecule has 0 saturated carbocycles. The van der Waals surface area contributed by atoms with Crippen LogP contribution in [0.4, 0.5) is 10.1 Å². The number of carbonyl (C=O) groups is 2. The van der Waals surface area contributed by atoms with E-state index in [1.807, 2.05) is 40.1 Å². The molecule has 0 aliphatic carbocycles. The lowest BCUT2D eigenvalue weighted by Gasteiger charge is -2.48. The zero-order valence-corrected chi connectivity index (χ0v) is 27.8. The van der Waals surface area contributed by atoms with Gasteiger partial charge in [0.25, 0.3) is 0 Å². The van der Waals surface area contributed by atoms with E-state index in [0.717, 1.165) is 55.6 Å². The molecule has 47 heavy (non-hydrogen) atoms. The van der Waals surface area contributed by atoms with E-state index in [4.69, 9.17) is 9.47 Å². The molecule has 0 spiro atoms. The van der Waals surface area contributed by atoms with Gasteiger partial charge in [-0.2, -0.15) is 0 Å². The summed E-state index contributed by atoms with van der Waals surface area (Å²) in [5.74, 6) is -0.519. The van der Waals surface area contributed by atoms with E-state index >= 15 is 0 Å². The first-order valence-corrected chi connectivity index (χ1v) is 16.9. The molecule has 1 N–H and O–H groups in total. The number of aryl methyl sites for hydroxylation is 2. The number of ether oxygens (including phenoxy) is 2. The van der Waals surface area contributed by atoms with Crippen molar-refractivity contribution in [3.8, 4) is 0 Å². The second-order valence-electron chi connectivity index (χ2n) is 14.5. The first-order valence-electron chi connectivity index (χ1n) is 16.9. The van der Waals surface area contributed by atoms with Gasteiger partial charge in [0.05, 0.1) is 31.3 Å². The van der Waals surface area contributed by atoms with Crippen molar-refractivity contribution in [1.29, 1.82) is 0 Å². The second kappa shape index (κ2) is 13.9. The summed E-state index contributed by atoms with van der Waals surface area (Å²) in [4.78, 5) is 30.3. The third-order valence-electron chi connectivity index (χ3n) is 10.3. The predicted octanol–water partition coefficient (Wildman–Crippen LogP) is 6.72. The minimum atomic E-state index is -0.773. The zero-order valence-electron chi connectivity index (χ0n) is 27.8. The number of carbonyl (C=O) groups excluding carboxylic acids is 2. The van der Waals surface area contributed by atoms with Crippen LogP contribution in [0.3, 0.4) is 0 Å². The Hall–Kier alpha value is -3.59. The van der Waals surface area contributed by atoms with Gasteiger partial charge in [0.2, 0.25) is 11.8 Å². The fourth-order valence-corrected chi connectivity index (χ4v) is 7.42. The van der Waals surface area contributed by atoms with Gasteiger partial charge in [-0.1, -0.05) is 62.4 Å². The van der Waals surface area contributed by atoms with Crippen LogP contribution in [0.1, 0.15) is 80.4 Å². The first kappa shape index (κ1) is 33.3. The van der Waals surface area contributed by atoms with E-state index < -0.39 is 11.7 Å². The van der Waals surface area contributed by atoms with E-state index in [9.17, 15) is 19.1 Å². The van der Waals surface area contributed by atoms with Crippen LogP contribution >= 0.6 is 0 Å². The van der Waals surface area contributed by atoms with E-state index in [1.54, 1.807) is 12.1 Å². The minimum absolute atomic E-state index is 0.0442. The van der Waals surface area contributed by atoms with Crippen LogP contribution in [0.15, 0.2) is 72.8 Å². The summed E-state index contributed by atoms with van der Waals surface area (Å²) < 4.78 is 25.2. The highest BCUT2D eigenvalue weighted by molar-refractivity contribution is 6.03. The molecule has 0 radical (unpaired) electrons. The number of aliphatic hydroxyl groups is 1. The Morgan fingerprint density at radius 3 is 2.49 bits per heavy atom. The summed E-state index contributed by atoms with van der Waals surface area (Å²) in [6.45, 7) is 9.15. The van der Waals surface area contributed by atoms with Crippen LogP contribution in [0.5, 0.6) is 0 Å². The van der Waals surface area contributed by atoms with Crippen molar-refractivity contribution in [1.82, 2.24) is 4.90 Å². The topological polar surface area (TPSA) is 79.3 Å². The van der Waals surface area contributed by atoms with Crippen LogP contribution in [0.2, 0.25) is 0 Å². The highest BCUT2D eigenvalue weighted by atomic mass is 19.1. The monoisotopic (exact) mass is 642 g/mol. The average Bonchev–Trinajstić information content (AvgIpc) is 3.03. The summed E-state index contributed by atoms with van der Waals surface area (Å²) in [7, 11) is 0. The third-order valence-corrected chi connectivity index (χ3v) is 10.3. The number of likely N-dealkylation sites (tertiary alicyclic amines) is 1. The molecular weight excluding hydrogens is 595 g/mol. The molecule has 7 nitrogen and oxygen atoms in total. The number of aliphatic hydroxyl groups excluding tert-OH is 1. The first-order chi connectivity index (χ1) is 22.5. The van der Waals surface area contributed by atoms with Crippen LogP contribution in [-0.4, -0.2) is 60.3 Å². The highest BCUT2D eigenvalue weighted by Gasteiger charge is 2.49. The van der Waals surface area contributed by atoms with E-state index in [-0.39, 0.29) is 41.6 Å². The smallest absolute Gasteiger partial charge is 0.248 e. The Morgan fingerprint density at radius 2 is 1.83 bits per heavy atom. The number of nitrogens with zero attached hydrogens (tertiary/aromatic N) is 2. The molecule has 0 aromatic heterocycles. The Kier molecular flexibility index (Phi) is 9.83. The number of benzene rings is 3. The number of amides is 2. The summed E-state index contributed by atoms with van der Waals surface area (Å²) in [5, 5.41) is 10.8. The van der Waals surface area contributed by atoms with Crippen LogP contribution in [-0.2, 0) is 25.5 Å². The van der Waals surface area contributed by atoms with Crippen molar-refractivity contribution in [2.45, 2.75) is 77.0 Å². The summed E-state index contributed by atoms with van der Waals surface area (Å²) in [6, 6.07) is 21.9. The maximum absolute atomic E-state index is 13.6. The van der Waals surface area contributed by atoms with E-state index in [2.05, 4.69) is 39.0 Å². The van der Waals surface area contributed by atoms with Crippen molar-refractivity contribution >= 4 is 17.5 Å². The SMILES string of the molecule is Cc1cc(CCC2(OCC(=O)N3CCCC(C)(C)C3)COC2)ccc1C1C(CCC(O)c2ccc(F)cc2)C(=O)N1c1ccccc1. The maximum Gasteiger partial charge on any atom is 0.248 e. The van der Waals surface area contributed by atoms with Crippen molar-refractivity contribution in [2.75, 3.05) is 37.8 Å². The lowest BCUT2D eigenvalue weighted by molar-refractivity contribution is -0.214. The molecule has 3 unspecified atom stereocenters.